The molecule has 18 heavy (non-hydrogen) atoms. The maximum absolute atomic E-state index is 12.2. The first kappa shape index (κ1) is 13.3. The molecule has 1 aromatic heterocycles. The van der Waals surface area contributed by atoms with E-state index in [0.717, 1.165) is 0 Å². The fourth-order valence-corrected chi connectivity index (χ4v) is 2.73. The molecule has 0 fully saturated rings. The summed E-state index contributed by atoms with van der Waals surface area (Å²) in [6.45, 7) is 0. The van der Waals surface area contributed by atoms with E-state index in [-0.39, 0.29) is 10.3 Å². The van der Waals surface area contributed by atoms with Crippen LogP contribution < -0.4 is 10.2 Å². The van der Waals surface area contributed by atoms with Crippen LogP contribution in [0.25, 0.3) is 10.9 Å². The maximum Gasteiger partial charge on any atom is 0.244 e. The van der Waals surface area contributed by atoms with E-state index < -0.39 is 11.2 Å². The predicted octanol–water partition coefficient (Wildman–Crippen LogP) is 1.94. The lowest BCUT2D eigenvalue weighted by Crippen LogP contribution is -2.17. The zero-order valence-corrected chi connectivity index (χ0v) is 11.8. The number of fused-ring (bicyclic) bond motifs is 1. The predicted molar refractivity (Wildman–Crippen MR) is 73.1 cm³/mol. The second-order valence-corrected chi connectivity index (χ2v) is 5.65. The number of rotatable bonds is 2. The van der Waals surface area contributed by atoms with Gasteiger partial charge in [0.2, 0.25) is 10.3 Å². The molecular formula is C12H12ClNO3S. The molecule has 0 bridgehead atoms. The molecule has 0 amide bonds. The minimum Gasteiger partial charge on any atom is -0.612 e. The number of methoxy groups -OCH3 is 1. The summed E-state index contributed by atoms with van der Waals surface area (Å²) < 4.78 is 18.4. The second-order valence-electron chi connectivity index (χ2n) is 3.89. The fraction of sp³-hybridized carbons (Fsp3) is 0.250. The van der Waals surface area contributed by atoms with Crippen molar-refractivity contribution >= 4 is 33.7 Å². The number of hydrogen-bond donors (Lipinski definition) is 0. The number of ether oxygens (including phenoxy) is 1. The van der Waals surface area contributed by atoms with E-state index in [1.54, 1.807) is 29.9 Å². The minimum absolute atomic E-state index is 0.251. The molecule has 1 aromatic carbocycles. The zero-order chi connectivity index (χ0) is 13.4. The van der Waals surface area contributed by atoms with Crippen molar-refractivity contribution in [2.24, 2.45) is 7.05 Å². The Hall–Kier alpha value is -1.17. The number of halogens is 1. The molecule has 2 rings (SSSR count). The van der Waals surface area contributed by atoms with Crippen molar-refractivity contribution in [3.05, 3.63) is 33.6 Å². The van der Waals surface area contributed by atoms with Crippen molar-refractivity contribution in [2.45, 2.75) is 4.90 Å². The third-order valence-electron chi connectivity index (χ3n) is 2.74. The molecule has 0 radical (unpaired) electrons. The van der Waals surface area contributed by atoms with Gasteiger partial charge >= 0.3 is 0 Å². The standard InChI is InChI=1S/C12H12ClNO3S/c1-14-6-11(18(3)16)12(15)7-4-10(17-2)8(13)5-9(7)14/h4-6H,1-3H3. The van der Waals surface area contributed by atoms with E-state index in [0.29, 0.717) is 21.7 Å². The molecule has 0 aliphatic rings. The Bertz CT molecular complexity index is 666. The molecule has 0 spiro atoms. The molecule has 2 aromatic rings. The molecule has 1 unspecified atom stereocenters. The number of aryl methyl sites for hydroxylation is 1. The van der Waals surface area contributed by atoms with Crippen LogP contribution in [0.5, 0.6) is 5.75 Å². The SMILES string of the molecule is COc1cc2c(=O)c([S+](C)[O-])cn(C)c2cc1Cl. The van der Waals surface area contributed by atoms with E-state index in [4.69, 9.17) is 16.3 Å². The molecule has 0 saturated heterocycles. The topological polar surface area (TPSA) is 54.3 Å². The molecule has 4 nitrogen and oxygen atoms in total. The number of aromatic nitrogens is 1. The van der Waals surface area contributed by atoms with E-state index in [9.17, 15) is 9.35 Å². The summed E-state index contributed by atoms with van der Waals surface area (Å²) in [7, 11) is 3.26. The molecule has 1 heterocycles. The van der Waals surface area contributed by atoms with Gasteiger partial charge in [-0.25, -0.2) is 0 Å². The van der Waals surface area contributed by atoms with Crippen molar-refractivity contribution in [2.75, 3.05) is 13.4 Å². The number of pyridine rings is 1. The van der Waals surface area contributed by atoms with E-state index in [1.807, 2.05) is 0 Å². The summed E-state index contributed by atoms with van der Waals surface area (Å²) in [5.41, 5.74) is 0.430. The fourth-order valence-electron chi connectivity index (χ4n) is 1.81. The Labute approximate surface area is 112 Å². The number of benzene rings is 1. The van der Waals surface area contributed by atoms with Gasteiger partial charge in [0.25, 0.3) is 0 Å². The Morgan fingerprint density at radius 3 is 2.67 bits per heavy atom. The highest BCUT2D eigenvalue weighted by atomic mass is 35.5. The van der Waals surface area contributed by atoms with Crippen LogP contribution in [0.15, 0.2) is 28.0 Å². The van der Waals surface area contributed by atoms with E-state index in [1.165, 1.54) is 13.4 Å². The lowest BCUT2D eigenvalue weighted by Gasteiger charge is -2.11. The quantitative estimate of drug-likeness (QED) is 0.793. The Balaban J connectivity index is 2.90. The van der Waals surface area contributed by atoms with Gasteiger partial charge in [0.15, 0.2) is 0 Å². The van der Waals surface area contributed by atoms with E-state index in [2.05, 4.69) is 0 Å². The van der Waals surface area contributed by atoms with Crippen LogP contribution in [0.3, 0.4) is 0 Å². The summed E-state index contributed by atoms with van der Waals surface area (Å²) >= 11 is 4.70. The van der Waals surface area contributed by atoms with Crippen LogP contribution in [0, 0.1) is 0 Å². The monoisotopic (exact) mass is 285 g/mol. The summed E-state index contributed by atoms with van der Waals surface area (Å²) in [4.78, 5) is 12.5. The van der Waals surface area contributed by atoms with Gasteiger partial charge in [-0.15, -0.1) is 0 Å². The van der Waals surface area contributed by atoms with Gasteiger partial charge in [0.05, 0.1) is 29.2 Å². The van der Waals surface area contributed by atoms with Gasteiger partial charge in [-0.1, -0.05) is 11.6 Å². The van der Waals surface area contributed by atoms with Crippen LogP contribution in [-0.2, 0) is 18.2 Å². The highest BCUT2D eigenvalue weighted by molar-refractivity contribution is 7.90. The Morgan fingerprint density at radius 2 is 2.11 bits per heavy atom. The molecule has 0 saturated carbocycles. The van der Waals surface area contributed by atoms with Gasteiger partial charge in [-0.2, -0.15) is 0 Å². The largest absolute Gasteiger partial charge is 0.612 e. The molecule has 0 aliphatic carbocycles. The normalized spacial score (nSPS) is 12.7. The number of hydrogen-bond acceptors (Lipinski definition) is 3. The summed E-state index contributed by atoms with van der Waals surface area (Å²) in [6, 6.07) is 3.25. The van der Waals surface area contributed by atoms with E-state index >= 15 is 0 Å². The van der Waals surface area contributed by atoms with Crippen LogP contribution in [-0.4, -0.2) is 22.5 Å². The first-order valence-electron chi connectivity index (χ1n) is 5.16. The Morgan fingerprint density at radius 1 is 1.44 bits per heavy atom. The minimum atomic E-state index is -1.33. The van der Waals surface area contributed by atoms with Crippen molar-refractivity contribution in [1.29, 1.82) is 0 Å². The molecule has 6 heteroatoms. The average molecular weight is 286 g/mol. The number of nitrogens with zero attached hydrogens (tertiary/aromatic N) is 1. The van der Waals surface area contributed by atoms with Crippen molar-refractivity contribution in [3.8, 4) is 5.75 Å². The van der Waals surface area contributed by atoms with Gasteiger partial charge in [-0.05, 0) is 23.3 Å². The first-order valence-corrected chi connectivity index (χ1v) is 7.09. The highest BCUT2D eigenvalue weighted by Crippen LogP contribution is 2.28. The van der Waals surface area contributed by atoms with Crippen molar-refractivity contribution in [1.82, 2.24) is 4.57 Å². The summed E-state index contributed by atoms with van der Waals surface area (Å²) in [6.07, 6.45) is 3.05. The van der Waals surface area contributed by atoms with Gasteiger partial charge < -0.3 is 13.9 Å². The lowest BCUT2D eigenvalue weighted by molar-refractivity contribution is 0.415. The Kier molecular flexibility index (Phi) is 3.56. The molecular weight excluding hydrogens is 274 g/mol. The molecule has 0 N–H and O–H groups in total. The third kappa shape index (κ3) is 2.09. The summed E-state index contributed by atoms with van der Waals surface area (Å²) in [5, 5.41) is 0.886. The van der Waals surface area contributed by atoms with Gasteiger partial charge in [-0.3, -0.25) is 4.79 Å². The zero-order valence-electron chi connectivity index (χ0n) is 10.2. The van der Waals surface area contributed by atoms with Crippen LogP contribution >= 0.6 is 11.6 Å². The highest BCUT2D eigenvalue weighted by Gasteiger charge is 2.16. The smallest absolute Gasteiger partial charge is 0.244 e. The average Bonchev–Trinajstić information content (AvgIpc) is 2.33. The third-order valence-corrected chi connectivity index (χ3v) is 3.94. The van der Waals surface area contributed by atoms with Crippen molar-refractivity contribution < 1.29 is 9.29 Å². The maximum atomic E-state index is 12.2. The van der Waals surface area contributed by atoms with Crippen molar-refractivity contribution in [3.63, 3.8) is 0 Å². The van der Waals surface area contributed by atoms with Gasteiger partial charge in [0, 0.05) is 7.05 Å². The molecule has 1 atom stereocenters. The molecule has 0 aliphatic heterocycles. The first-order chi connectivity index (χ1) is 8.45. The van der Waals surface area contributed by atoms with Crippen LogP contribution in [0.1, 0.15) is 0 Å². The van der Waals surface area contributed by atoms with Crippen LogP contribution in [0.2, 0.25) is 5.02 Å². The van der Waals surface area contributed by atoms with Gasteiger partial charge in [0.1, 0.15) is 12.0 Å². The van der Waals surface area contributed by atoms with Crippen LogP contribution in [0.4, 0.5) is 0 Å². The second kappa shape index (κ2) is 4.84. The molecule has 96 valence electrons. The summed E-state index contributed by atoms with van der Waals surface area (Å²) in [5.74, 6) is 0.431. The lowest BCUT2D eigenvalue weighted by atomic mass is 10.2.